The second-order valence-corrected chi connectivity index (χ2v) is 6.54. The van der Waals surface area contributed by atoms with Gasteiger partial charge in [-0.3, -0.25) is 10.1 Å². The van der Waals surface area contributed by atoms with Gasteiger partial charge in [-0.2, -0.15) is 0 Å². The Kier molecular flexibility index (Phi) is 4.03. The highest BCUT2D eigenvalue weighted by Crippen LogP contribution is 2.46. The van der Waals surface area contributed by atoms with E-state index in [1.807, 2.05) is 0 Å². The van der Waals surface area contributed by atoms with Crippen molar-refractivity contribution in [2.75, 3.05) is 6.54 Å². The van der Waals surface area contributed by atoms with Crippen LogP contribution in [0.25, 0.3) is 0 Å². The van der Waals surface area contributed by atoms with Crippen LogP contribution in [-0.2, 0) is 4.79 Å². The second kappa shape index (κ2) is 5.80. The second-order valence-electron chi connectivity index (χ2n) is 6.54. The van der Waals surface area contributed by atoms with Gasteiger partial charge in [-0.15, -0.1) is 0 Å². The zero-order chi connectivity index (χ0) is 14.9. The molecule has 3 rings (SSSR count). The number of carbonyl (C=O) groups is 1. The summed E-state index contributed by atoms with van der Waals surface area (Å²) in [6, 6.07) is 8.42. The van der Waals surface area contributed by atoms with Crippen LogP contribution in [-0.4, -0.2) is 22.9 Å². The number of aryl methyl sites for hydroxylation is 1. The molecule has 3 nitrogen and oxygen atoms in total. The Hall–Kier alpha value is -1.35. The number of hydrogen-bond acceptors (Lipinski definition) is 2. The van der Waals surface area contributed by atoms with Gasteiger partial charge in [-0.05, 0) is 37.3 Å². The lowest BCUT2D eigenvalue weighted by atomic mass is 10.1. The van der Waals surface area contributed by atoms with Crippen molar-refractivity contribution in [2.45, 2.75) is 64.1 Å². The van der Waals surface area contributed by atoms with Crippen LogP contribution in [0.3, 0.4) is 0 Å². The molecule has 1 aromatic rings. The van der Waals surface area contributed by atoms with Crippen LogP contribution in [0.15, 0.2) is 24.3 Å². The molecule has 0 aromatic heterocycles. The van der Waals surface area contributed by atoms with Gasteiger partial charge in [0.15, 0.2) is 0 Å². The molecular weight excluding hydrogens is 260 g/mol. The Labute approximate surface area is 127 Å². The van der Waals surface area contributed by atoms with Crippen LogP contribution in [0.1, 0.15) is 62.7 Å². The third-order valence-corrected chi connectivity index (χ3v) is 4.88. The molecule has 1 saturated carbocycles. The van der Waals surface area contributed by atoms with Crippen LogP contribution in [0.4, 0.5) is 0 Å². The first kappa shape index (κ1) is 14.6. The molecule has 1 saturated heterocycles. The predicted octanol–water partition coefficient (Wildman–Crippen LogP) is 3.54. The first-order valence-corrected chi connectivity index (χ1v) is 8.32. The number of nitrogens with zero attached hydrogens (tertiary/aromatic N) is 1. The highest BCUT2D eigenvalue weighted by molar-refractivity contribution is 5.92. The topological polar surface area (TPSA) is 32.3 Å². The van der Waals surface area contributed by atoms with Crippen LogP contribution in [0.2, 0.25) is 0 Å². The molecule has 21 heavy (non-hydrogen) atoms. The van der Waals surface area contributed by atoms with Crippen molar-refractivity contribution >= 4 is 5.91 Å². The molecule has 1 atom stereocenters. The zero-order valence-corrected chi connectivity index (χ0v) is 13.2. The molecule has 0 bridgehead atoms. The fourth-order valence-corrected chi connectivity index (χ4v) is 3.36. The van der Waals surface area contributed by atoms with E-state index in [4.69, 9.17) is 0 Å². The fraction of sp³-hybridized carbons (Fsp3) is 0.611. The van der Waals surface area contributed by atoms with E-state index in [9.17, 15) is 4.79 Å². The normalized spacial score (nSPS) is 23.0. The summed E-state index contributed by atoms with van der Waals surface area (Å²) >= 11 is 0. The molecule has 3 heteroatoms. The van der Waals surface area contributed by atoms with Crippen LogP contribution in [0.5, 0.6) is 0 Å². The number of carbonyl (C=O) groups excluding carboxylic acids is 1. The third kappa shape index (κ3) is 2.71. The van der Waals surface area contributed by atoms with Crippen LogP contribution < -0.4 is 5.32 Å². The first-order valence-electron chi connectivity index (χ1n) is 8.32. The van der Waals surface area contributed by atoms with Crippen molar-refractivity contribution in [1.29, 1.82) is 0 Å². The molecule has 1 N–H and O–H groups in total. The maximum atomic E-state index is 12.7. The summed E-state index contributed by atoms with van der Waals surface area (Å²) < 4.78 is 0. The van der Waals surface area contributed by atoms with Crippen molar-refractivity contribution in [3.05, 3.63) is 35.4 Å². The SMILES string of the molecule is CCCCCCN1C(=O)C2(CC2)NC1c1ccccc1C. The predicted molar refractivity (Wildman–Crippen MR) is 84.9 cm³/mol. The van der Waals surface area contributed by atoms with Gasteiger partial charge < -0.3 is 4.90 Å². The van der Waals surface area contributed by atoms with E-state index < -0.39 is 0 Å². The Morgan fingerprint density at radius 1 is 1.24 bits per heavy atom. The van der Waals surface area contributed by atoms with E-state index in [-0.39, 0.29) is 11.7 Å². The maximum Gasteiger partial charge on any atom is 0.244 e. The molecule has 1 aliphatic carbocycles. The summed E-state index contributed by atoms with van der Waals surface area (Å²) in [6.07, 6.45) is 6.89. The average Bonchev–Trinajstić information content (AvgIpc) is 3.21. The zero-order valence-electron chi connectivity index (χ0n) is 13.2. The van der Waals surface area contributed by atoms with Crippen LogP contribution in [0, 0.1) is 6.92 Å². The average molecular weight is 286 g/mol. The van der Waals surface area contributed by atoms with E-state index in [2.05, 4.69) is 48.3 Å². The standard InChI is InChI=1S/C18H26N2O/c1-3-4-5-8-13-20-16(15-10-7-6-9-14(15)2)19-18(11-12-18)17(20)21/h6-7,9-10,16,19H,3-5,8,11-13H2,1-2H3. The fourth-order valence-electron chi connectivity index (χ4n) is 3.36. The van der Waals surface area contributed by atoms with E-state index in [0.29, 0.717) is 5.91 Å². The largest absolute Gasteiger partial charge is 0.321 e. The number of amides is 1. The minimum atomic E-state index is -0.224. The molecule has 1 amide bonds. The molecule has 0 radical (unpaired) electrons. The Morgan fingerprint density at radius 2 is 2.00 bits per heavy atom. The first-order chi connectivity index (χ1) is 10.2. The third-order valence-electron chi connectivity index (χ3n) is 4.88. The summed E-state index contributed by atoms with van der Waals surface area (Å²) in [6.45, 7) is 5.24. The van der Waals surface area contributed by atoms with Crippen molar-refractivity contribution in [3.8, 4) is 0 Å². The minimum absolute atomic E-state index is 0.0721. The van der Waals surface area contributed by atoms with E-state index in [0.717, 1.165) is 25.8 Å². The van der Waals surface area contributed by atoms with E-state index in [1.54, 1.807) is 0 Å². The monoisotopic (exact) mass is 286 g/mol. The molecule has 2 aliphatic rings. The number of benzene rings is 1. The summed E-state index contributed by atoms with van der Waals surface area (Å²) in [7, 11) is 0. The summed E-state index contributed by atoms with van der Waals surface area (Å²) in [5, 5.41) is 3.62. The van der Waals surface area contributed by atoms with E-state index in [1.165, 1.54) is 30.4 Å². The molecule has 1 heterocycles. The van der Waals surface area contributed by atoms with Gasteiger partial charge in [0, 0.05) is 6.54 Å². The molecule has 114 valence electrons. The number of unbranched alkanes of at least 4 members (excludes halogenated alkanes) is 3. The van der Waals surface area contributed by atoms with Gasteiger partial charge in [0.1, 0.15) is 11.7 Å². The Balaban J connectivity index is 1.77. The smallest absolute Gasteiger partial charge is 0.244 e. The van der Waals surface area contributed by atoms with Crippen LogP contribution >= 0.6 is 0 Å². The van der Waals surface area contributed by atoms with Crippen molar-refractivity contribution in [1.82, 2.24) is 10.2 Å². The van der Waals surface area contributed by atoms with Gasteiger partial charge >= 0.3 is 0 Å². The number of rotatable bonds is 6. The lowest BCUT2D eigenvalue weighted by Crippen LogP contribution is -2.33. The summed E-state index contributed by atoms with van der Waals surface area (Å²) in [5.41, 5.74) is 2.29. The van der Waals surface area contributed by atoms with Crippen molar-refractivity contribution in [2.24, 2.45) is 0 Å². The van der Waals surface area contributed by atoms with E-state index >= 15 is 0 Å². The van der Waals surface area contributed by atoms with Gasteiger partial charge in [-0.25, -0.2) is 0 Å². The van der Waals surface area contributed by atoms with Crippen molar-refractivity contribution < 1.29 is 4.79 Å². The molecule has 1 spiro atoms. The highest BCUT2D eigenvalue weighted by Gasteiger charge is 2.59. The maximum absolute atomic E-state index is 12.7. The minimum Gasteiger partial charge on any atom is -0.321 e. The molecule has 1 aliphatic heterocycles. The molecule has 1 unspecified atom stereocenters. The van der Waals surface area contributed by atoms with Gasteiger partial charge in [0.05, 0.1) is 0 Å². The lowest BCUT2D eigenvalue weighted by molar-refractivity contribution is -0.130. The van der Waals surface area contributed by atoms with Gasteiger partial charge in [0.2, 0.25) is 5.91 Å². The van der Waals surface area contributed by atoms with Gasteiger partial charge in [0.25, 0.3) is 0 Å². The lowest BCUT2D eigenvalue weighted by Gasteiger charge is -2.25. The highest BCUT2D eigenvalue weighted by atomic mass is 16.2. The Bertz CT molecular complexity index is 522. The van der Waals surface area contributed by atoms with Gasteiger partial charge in [-0.1, -0.05) is 50.5 Å². The molecule has 1 aromatic carbocycles. The summed E-state index contributed by atoms with van der Waals surface area (Å²) in [5.74, 6) is 0.326. The number of nitrogens with one attached hydrogen (secondary N) is 1. The summed E-state index contributed by atoms with van der Waals surface area (Å²) in [4.78, 5) is 14.8. The Morgan fingerprint density at radius 3 is 2.67 bits per heavy atom. The van der Waals surface area contributed by atoms with Crippen molar-refractivity contribution in [3.63, 3.8) is 0 Å². The quantitative estimate of drug-likeness (QED) is 0.811. The molecule has 2 fully saturated rings. The molecular formula is C18H26N2O. The number of hydrogen-bond donors (Lipinski definition) is 1.